The molecule has 0 aliphatic heterocycles. The van der Waals surface area contributed by atoms with Gasteiger partial charge in [-0.3, -0.25) is 4.98 Å². The van der Waals surface area contributed by atoms with Crippen molar-refractivity contribution in [3.63, 3.8) is 0 Å². The van der Waals surface area contributed by atoms with Crippen molar-refractivity contribution in [3.8, 4) is 10.7 Å². The molecule has 5 heteroatoms. The van der Waals surface area contributed by atoms with E-state index in [1.165, 1.54) is 5.39 Å². The maximum atomic E-state index is 4.48. The van der Waals surface area contributed by atoms with Gasteiger partial charge in [-0.1, -0.05) is 35.6 Å². The number of hydrogen-bond acceptors (Lipinski definition) is 5. The zero-order chi connectivity index (χ0) is 13.8. The smallest absolute Gasteiger partial charge is 0.166 e. The lowest BCUT2D eigenvalue weighted by atomic mass is 10.1. The third-order valence-corrected chi connectivity index (χ3v) is 4.15. The van der Waals surface area contributed by atoms with Gasteiger partial charge in [0.1, 0.15) is 10.7 Å². The Hall–Kier alpha value is -1.85. The first-order valence-corrected chi connectivity index (χ1v) is 7.51. The number of hydrogen-bond donors (Lipinski definition) is 1. The first-order chi connectivity index (χ1) is 9.88. The van der Waals surface area contributed by atoms with Gasteiger partial charge in [-0.2, -0.15) is 0 Å². The van der Waals surface area contributed by atoms with Gasteiger partial charge in [0, 0.05) is 18.0 Å². The van der Waals surface area contributed by atoms with Gasteiger partial charge in [0.2, 0.25) is 0 Å². The molecule has 4 nitrogen and oxygen atoms in total. The molecule has 2 aromatic heterocycles. The van der Waals surface area contributed by atoms with Crippen molar-refractivity contribution in [1.82, 2.24) is 20.5 Å². The van der Waals surface area contributed by atoms with E-state index in [9.17, 15) is 0 Å². The van der Waals surface area contributed by atoms with Crippen LogP contribution in [0.2, 0.25) is 0 Å². The second-order valence-electron chi connectivity index (χ2n) is 4.59. The zero-order valence-electron chi connectivity index (χ0n) is 11.3. The monoisotopic (exact) mass is 284 g/mol. The highest BCUT2D eigenvalue weighted by atomic mass is 32.1. The molecule has 0 saturated heterocycles. The van der Waals surface area contributed by atoms with E-state index in [1.54, 1.807) is 11.3 Å². The van der Waals surface area contributed by atoms with Crippen LogP contribution >= 0.6 is 11.3 Å². The average molecular weight is 284 g/mol. The fourth-order valence-corrected chi connectivity index (χ4v) is 3.05. The highest BCUT2D eigenvalue weighted by Gasteiger charge is 2.10. The van der Waals surface area contributed by atoms with E-state index in [2.05, 4.69) is 32.6 Å². The molecule has 0 radical (unpaired) electrons. The van der Waals surface area contributed by atoms with Crippen molar-refractivity contribution >= 4 is 22.1 Å². The van der Waals surface area contributed by atoms with Crippen LogP contribution < -0.4 is 5.32 Å². The number of aromatic nitrogens is 3. The third-order valence-electron chi connectivity index (χ3n) is 3.16. The first-order valence-electron chi connectivity index (χ1n) is 6.69. The number of aryl methyl sites for hydroxylation is 1. The molecule has 3 rings (SSSR count). The summed E-state index contributed by atoms with van der Waals surface area (Å²) in [5, 5.41) is 16.0. The van der Waals surface area contributed by atoms with E-state index in [4.69, 9.17) is 0 Å². The normalized spacial score (nSPS) is 11.1. The molecule has 1 N–H and O–H groups in total. The van der Waals surface area contributed by atoms with Crippen molar-refractivity contribution in [2.24, 2.45) is 0 Å². The number of rotatable bonds is 5. The minimum absolute atomic E-state index is 0.904. The summed E-state index contributed by atoms with van der Waals surface area (Å²) in [4.78, 5) is 4.48. The number of benzene rings is 1. The van der Waals surface area contributed by atoms with Crippen LogP contribution in [0, 0.1) is 0 Å². The molecule has 0 atom stereocenters. The molecule has 0 spiro atoms. The standard InChI is InChI=1S/C15H16N4S/c1-16-9-4-7-13-18-19-15(20-13)14-12-6-3-2-5-11(12)8-10-17-14/h2-3,5-6,8,10,16H,4,7,9H2,1H3. The summed E-state index contributed by atoms with van der Waals surface area (Å²) in [5.41, 5.74) is 0.931. The molecule has 0 saturated carbocycles. The summed E-state index contributed by atoms with van der Waals surface area (Å²) in [6, 6.07) is 10.3. The molecule has 0 unspecified atom stereocenters. The third kappa shape index (κ3) is 2.69. The SMILES string of the molecule is CNCCCc1nnc(-c2nccc3ccccc23)s1. The van der Waals surface area contributed by atoms with Crippen LogP contribution in [0.3, 0.4) is 0 Å². The van der Waals surface area contributed by atoms with Gasteiger partial charge in [-0.15, -0.1) is 10.2 Å². The molecule has 0 aliphatic rings. The highest BCUT2D eigenvalue weighted by Crippen LogP contribution is 2.28. The predicted molar refractivity (Wildman–Crippen MR) is 82.9 cm³/mol. The molecule has 20 heavy (non-hydrogen) atoms. The molecular formula is C15H16N4S. The van der Waals surface area contributed by atoms with E-state index >= 15 is 0 Å². The van der Waals surface area contributed by atoms with Crippen LogP contribution in [0.15, 0.2) is 36.5 Å². The minimum Gasteiger partial charge on any atom is -0.320 e. The van der Waals surface area contributed by atoms with Crippen molar-refractivity contribution < 1.29 is 0 Å². The maximum absolute atomic E-state index is 4.48. The van der Waals surface area contributed by atoms with Crippen LogP contribution in [-0.2, 0) is 6.42 Å². The van der Waals surface area contributed by atoms with E-state index < -0.39 is 0 Å². The number of nitrogens with zero attached hydrogens (tertiary/aromatic N) is 3. The summed E-state index contributed by atoms with van der Waals surface area (Å²) < 4.78 is 0. The Morgan fingerprint density at radius 3 is 2.95 bits per heavy atom. The Morgan fingerprint density at radius 2 is 2.05 bits per heavy atom. The van der Waals surface area contributed by atoms with E-state index in [0.29, 0.717) is 0 Å². The molecule has 0 bridgehead atoms. The second-order valence-corrected chi connectivity index (χ2v) is 5.65. The molecule has 0 fully saturated rings. The number of fused-ring (bicyclic) bond motifs is 1. The van der Waals surface area contributed by atoms with Gasteiger partial charge >= 0.3 is 0 Å². The van der Waals surface area contributed by atoms with Gasteiger partial charge in [-0.25, -0.2) is 0 Å². The van der Waals surface area contributed by atoms with Crippen LogP contribution in [0.5, 0.6) is 0 Å². The lowest BCUT2D eigenvalue weighted by molar-refractivity contribution is 0.718. The van der Waals surface area contributed by atoms with Crippen LogP contribution in [-0.4, -0.2) is 28.8 Å². The van der Waals surface area contributed by atoms with Crippen LogP contribution in [0.4, 0.5) is 0 Å². The van der Waals surface area contributed by atoms with Gasteiger partial charge in [-0.05, 0) is 31.5 Å². The van der Waals surface area contributed by atoms with E-state index in [1.807, 2.05) is 31.4 Å². The Labute approximate surface area is 121 Å². The Bertz CT molecular complexity index is 702. The predicted octanol–water partition coefficient (Wildman–Crippen LogP) is 2.91. The second kappa shape index (κ2) is 6.07. The summed E-state index contributed by atoms with van der Waals surface area (Å²) in [7, 11) is 1.96. The van der Waals surface area contributed by atoms with E-state index in [-0.39, 0.29) is 0 Å². The minimum atomic E-state index is 0.904. The molecule has 102 valence electrons. The summed E-state index contributed by atoms with van der Waals surface area (Å²) in [5.74, 6) is 0. The van der Waals surface area contributed by atoms with Crippen molar-refractivity contribution in [3.05, 3.63) is 41.5 Å². The fraction of sp³-hybridized carbons (Fsp3) is 0.267. The van der Waals surface area contributed by atoms with E-state index in [0.717, 1.165) is 40.5 Å². The van der Waals surface area contributed by atoms with Gasteiger partial charge < -0.3 is 5.32 Å². The van der Waals surface area contributed by atoms with Gasteiger partial charge in [0.15, 0.2) is 5.01 Å². The summed E-state index contributed by atoms with van der Waals surface area (Å²) >= 11 is 1.64. The molecule has 0 aliphatic carbocycles. The van der Waals surface area contributed by atoms with Gasteiger partial charge in [0.05, 0.1) is 0 Å². The lowest BCUT2D eigenvalue weighted by Crippen LogP contribution is -2.08. The molecule has 1 aromatic carbocycles. The Balaban J connectivity index is 1.91. The van der Waals surface area contributed by atoms with Crippen molar-refractivity contribution in [2.75, 3.05) is 13.6 Å². The molecular weight excluding hydrogens is 268 g/mol. The van der Waals surface area contributed by atoms with Crippen molar-refractivity contribution in [2.45, 2.75) is 12.8 Å². The topological polar surface area (TPSA) is 50.7 Å². The number of pyridine rings is 1. The Morgan fingerprint density at radius 1 is 1.15 bits per heavy atom. The number of nitrogens with one attached hydrogen (secondary N) is 1. The molecule has 2 heterocycles. The Kier molecular flexibility index (Phi) is 3.99. The fourth-order valence-electron chi connectivity index (χ4n) is 2.16. The highest BCUT2D eigenvalue weighted by molar-refractivity contribution is 7.14. The van der Waals surface area contributed by atoms with Crippen LogP contribution in [0.25, 0.3) is 21.5 Å². The zero-order valence-corrected chi connectivity index (χ0v) is 12.2. The largest absolute Gasteiger partial charge is 0.320 e. The summed E-state index contributed by atoms with van der Waals surface area (Å²) in [6.45, 7) is 1.00. The maximum Gasteiger partial charge on any atom is 0.166 e. The summed E-state index contributed by atoms with van der Waals surface area (Å²) in [6.07, 6.45) is 3.87. The van der Waals surface area contributed by atoms with Crippen molar-refractivity contribution in [1.29, 1.82) is 0 Å². The molecule has 3 aromatic rings. The quantitative estimate of drug-likeness (QED) is 0.732. The van der Waals surface area contributed by atoms with Crippen LogP contribution in [0.1, 0.15) is 11.4 Å². The average Bonchev–Trinajstić information content (AvgIpc) is 2.96. The van der Waals surface area contributed by atoms with Gasteiger partial charge in [0.25, 0.3) is 0 Å². The first kappa shape index (κ1) is 13.1. The lowest BCUT2D eigenvalue weighted by Gasteiger charge is -2.01. The molecule has 0 amide bonds.